The van der Waals surface area contributed by atoms with Gasteiger partial charge in [0, 0.05) is 6.42 Å². The van der Waals surface area contributed by atoms with E-state index in [0.717, 1.165) is 23.0 Å². The maximum absolute atomic E-state index is 12.0. The molecule has 8 nitrogen and oxygen atoms in total. The molecule has 0 aliphatic heterocycles. The molecule has 1 saturated carbocycles. The Kier molecular flexibility index (Phi) is 5.93. The summed E-state index contributed by atoms with van der Waals surface area (Å²) in [6, 6.07) is 3.34. The molecular weight excluding hydrogens is 376 g/mol. The van der Waals surface area contributed by atoms with Crippen molar-refractivity contribution in [3.8, 4) is 5.82 Å². The topological polar surface area (TPSA) is 94.0 Å². The minimum absolute atomic E-state index is 0.400. The molecule has 1 amide bonds. The maximum atomic E-state index is 12.0. The van der Waals surface area contributed by atoms with E-state index in [2.05, 4.69) is 25.7 Å². The molecular formula is C19H26N6O2S. The Hall–Kier alpha value is -2.55. The van der Waals surface area contributed by atoms with Gasteiger partial charge >= 0.3 is 6.09 Å². The van der Waals surface area contributed by atoms with Gasteiger partial charge in [0.15, 0.2) is 11.6 Å². The normalized spacial score (nSPS) is 15.0. The zero-order valence-corrected chi connectivity index (χ0v) is 17.4. The number of anilines is 1. The van der Waals surface area contributed by atoms with Crippen LogP contribution < -0.4 is 10.6 Å². The molecule has 0 radical (unpaired) electrons. The van der Waals surface area contributed by atoms with Gasteiger partial charge in [0.05, 0.1) is 22.9 Å². The van der Waals surface area contributed by atoms with Crippen LogP contribution in [0.3, 0.4) is 0 Å². The first-order valence-corrected chi connectivity index (χ1v) is 9.78. The molecule has 2 heterocycles. The third kappa shape index (κ3) is 5.72. The Labute approximate surface area is 170 Å². The van der Waals surface area contributed by atoms with Crippen LogP contribution in [0, 0.1) is 5.92 Å². The van der Waals surface area contributed by atoms with Crippen LogP contribution in [0.15, 0.2) is 24.7 Å². The lowest BCUT2D eigenvalue weighted by Crippen LogP contribution is -2.35. The lowest BCUT2D eigenvalue weighted by molar-refractivity contribution is 0.0505. The number of nitrogens with zero attached hydrogens (tertiary/aromatic N) is 4. The molecule has 0 aromatic carbocycles. The van der Waals surface area contributed by atoms with Crippen molar-refractivity contribution < 1.29 is 9.53 Å². The fourth-order valence-electron chi connectivity index (χ4n) is 2.65. The van der Waals surface area contributed by atoms with Gasteiger partial charge in [0.2, 0.25) is 0 Å². The molecule has 2 aromatic heterocycles. The standard InChI is InChI=1S/C19H26N6O2S/c1-12(23-18(26)27-19(2,3)4)17-21-11-22-25(17)15-8-7-14(10-20-15)24-16(28)9-13-5-6-13/h7-8,10-13H,5-6,9H2,1-4H3,(H,23,26)(H,24,28)/t12-/m0/s1. The smallest absolute Gasteiger partial charge is 0.408 e. The first kappa shape index (κ1) is 20.2. The highest BCUT2D eigenvalue weighted by atomic mass is 32.1. The highest BCUT2D eigenvalue weighted by molar-refractivity contribution is 7.80. The van der Waals surface area contributed by atoms with Gasteiger partial charge in [0.25, 0.3) is 0 Å². The average Bonchev–Trinajstić information content (AvgIpc) is 3.25. The summed E-state index contributed by atoms with van der Waals surface area (Å²) in [5.41, 5.74) is 0.276. The van der Waals surface area contributed by atoms with E-state index in [-0.39, 0.29) is 0 Å². The molecule has 1 fully saturated rings. The highest BCUT2D eigenvalue weighted by Gasteiger charge is 2.23. The highest BCUT2D eigenvalue weighted by Crippen LogP contribution is 2.32. The fourth-order valence-corrected chi connectivity index (χ4v) is 3.01. The molecule has 28 heavy (non-hydrogen) atoms. The molecule has 0 saturated heterocycles. The van der Waals surface area contributed by atoms with E-state index in [9.17, 15) is 4.79 Å². The van der Waals surface area contributed by atoms with E-state index in [1.165, 1.54) is 19.2 Å². The van der Waals surface area contributed by atoms with Crippen LogP contribution in [0.1, 0.15) is 58.8 Å². The summed E-state index contributed by atoms with van der Waals surface area (Å²) in [6.45, 7) is 7.26. The van der Waals surface area contributed by atoms with Crippen molar-refractivity contribution in [3.63, 3.8) is 0 Å². The molecule has 0 bridgehead atoms. The predicted molar refractivity (Wildman–Crippen MR) is 111 cm³/mol. The second kappa shape index (κ2) is 8.22. The summed E-state index contributed by atoms with van der Waals surface area (Å²) in [5, 5.41) is 10.2. The Morgan fingerprint density at radius 3 is 2.71 bits per heavy atom. The number of hydrogen-bond donors (Lipinski definition) is 2. The van der Waals surface area contributed by atoms with Crippen LogP contribution in [-0.2, 0) is 4.74 Å². The summed E-state index contributed by atoms with van der Waals surface area (Å²) in [6.07, 6.45) is 6.10. The fraction of sp³-hybridized carbons (Fsp3) is 0.526. The van der Waals surface area contributed by atoms with E-state index >= 15 is 0 Å². The molecule has 9 heteroatoms. The monoisotopic (exact) mass is 402 g/mol. The minimum Gasteiger partial charge on any atom is -0.444 e. The van der Waals surface area contributed by atoms with Crippen molar-refractivity contribution in [2.24, 2.45) is 5.92 Å². The first-order valence-electron chi connectivity index (χ1n) is 9.37. The summed E-state index contributed by atoms with van der Waals surface area (Å²) in [7, 11) is 0. The van der Waals surface area contributed by atoms with Crippen LogP contribution in [0.25, 0.3) is 5.82 Å². The molecule has 0 spiro atoms. The predicted octanol–water partition coefficient (Wildman–Crippen LogP) is 3.79. The van der Waals surface area contributed by atoms with Crippen LogP contribution in [0.2, 0.25) is 0 Å². The average molecular weight is 403 g/mol. The van der Waals surface area contributed by atoms with Gasteiger partial charge in [-0.1, -0.05) is 12.2 Å². The summed E-state index contributed by atoms with van der Waals surface area (Å²) >= 11 is 5.38. The van der Waals surface area contributed by atoms with Gasteiger partial charge in [-0.2, -0.15) is 9.78 Å². The van der Waals surface area contributed by atoms with Crippen molar-refractivity contribution in [3.05, 3.63) is 30.5 Å². The molecule has 150 valence electrons. The number of rotatable bonds is 6. The largest absolute Gasteiger partial charge is 0.444 e. The lowest BCUT2D eigenvalue weighted by atomic mass is 10.2. The van der Waals surface area contributed by atoms with E-state index in [4.69, 9.17) is 17.0 Å². The number of carbonyl (C=O) groups is 1. The van der Waals surface area contributed by atoms with E-state index < -0.39 is 17.7 Å². The number of pyridine rings is 1. The van der Waals surface area contributed by atoms with Crippen molar-refractivity contribution in [2.45, 2.75) is 58.6 Å². The number of carbonyl (C=O) groups excluding carboxylic acids is 1. The zero-order valence-electron chi connectivity index (χ0n) is 16.6. The summed E-state index contributed by atoms with van der Waals surface area (Å²) < 4.78 is 6.88. The second-order valence-corrected chi connectivity index (χ2v) is 8.49. The van der Waals surface area contributed by atoms with Crippen molar-refractivity contribution in [2.75, 3.05) is 5.32 Å². The Morgan fingerprint density at radius 1 is 1.36 bits per heavy atom. The lowest BCUT2D eigenvalue weighted by Gasteiger charge is -2.21. The van der Waals surface area contributed by atoms with Crippen molar-refractivity contribution in [1.29, 1.82) is 0 Å². The van der Waals surface area contributed by atoms with Crippen molar-refractivity contribution in [1.82, 2.24) is 25.1 Å². The van der Waals surface area contributed by atoms with Crippen LogP contribution in [-0.4, -0.2) is 36.4 Å². The van der Waals surface area contributed by atoms with E-state index in [1.54, 1.807) is 10.9 Å². The third-order valence-corrected chi connectivity index (χ3v) is 4.38. The Bertz CT molecular complexity index is 839. The van der Waals surface area contributed by atoms with Gasteiger partial charge in [0.1, 0.15) is 11.9 Å². The molecule has 0 unspecified atom stereocenters. The molecule has 2 aromatic rings. The summed E-state index contributed by atoms with van der Waals surface area (Å²) in [5.74, 6) is 1.90. The number of ether oxygens (including phenoxy) is 1. The van der Waals surface area contributed by atoms with Gasteiger partial charge in [-0.25, -0.2) is 14.8 Å². The van der Waals surface area contributed by atoms with Gasteiger partial charge < -0.3 is 15.4 Å². The summed E-state index contributed by atoms with van der Waals surface area (Å²) in [4.78, 5) is 21.6. The molecule has 1 atom stereocenters. The molecule has 2 N–H and O–H groups in total. The Balaban J connectivity index is 1.65. The number of hydrogen-bond acceptors (Lipinski definition) is 6. The number of thiocarbonyl (C=S) groups is 1. The quantitative estimate of drug-likeness (QED) is 0.710. The Morgan fingerprint density at radius 2 is 2.11 bits per heavy atom. The number of nitrogens with one attached hydrogen (secondary N) is 2. The molecule has 1 aliphatic rings. The first-order chi connectivity index (χ1) is 13.2. The van der Waals surface area contributed by atoms with Crippen LogP contribution >= 0.6 is 12.2 Å². The SMILES string of the molecule is C[C@H](NC(=O)OC(C)(C)C)c1ncnn1-c1ccc(NC(=S)CC2CC2)cn1. The number of aromatic nitrogens is 4. The minimum atomic E-state index is -0.568. The van der Waals surface area contributed by atoms with Crippen molar-refractivity contribution >= 4 is 29.0 Å². The van der Waals surface area contributed by atoms with Gasteiger partial charge in [-0.15, -0.1) is 0 Å². The zero-order chi connectivity index (χ0) is 20.3. The number of amides is 1. The van der Waals surface area contributed by atoms with Crippen LogP contribution in [0.4, 0.5) is 10.5 Å². The van der Waals surface area contributed by atoms with Crippen LogP contribution in [0.5, 0.6) is 0 Å². The molecule has 1 aliphatic carbocycles. The van der Waals surface area contributed by atoms with Gasteiger partial charge in [-0.3, -0.25) is 0 Å². The van der Waals surface area contributed by atoms with Gasteiger partial charge in [-0.05, 0) is 58.6 Å². The third-order valence-electron chi connectivity index (χ3n) is 4.11. The van der Waals surface area contributed by atoms with E-state index in [1.807, 2.05) is 39.8 Å². The second-order valence-electron chi connectivity index (χ2n) is 8.00. The molecule has 3 rings (SSSR count). The number of alkyl carbamates (subject to hydrolysis) is 1. The maximum Gasteiger partial charge on any atom is 0.408 e. The van der Waals surface area contributed by atoms with E-state index in [0.29, 0.717) is 11.6 Å².